The molecule has 2 aromatic rings. The zero-order chi connectivity index (χ0) is 13.4. The standard InChI is InChI=1S/C13H15N3O3/c14-12(18)10-3-1-2-6-16(10)13-15-9-5-4-8(17)7-11(9)19-13/h4-5,7,10,17H,1-3,6H2,(H2,14,18). The molecular weight excluding hydrogens is 246 g/mol. The van der Waals surface area contributed by atoms with Crippen LogP contribution in [0.15, 0.2) is 22.6 Å². The number of carbonyl (C=O) groups excluding carboxylic acids is 1. The van der Waals surface area contributed by atoms with Gasteiger partial charge in [0.2, 0.25) is 5.91 Å². The number of aromatic nitrogens is 1. The number of phenols is 1. The van der Waals surface area contributed by atoms with E-state index >= 15 is 0 Å². The van der Waals surface area contributed by atoms with Crippen LogP contribution in [0.4, 0.5) is 6.01 Å². The maximum atomic E-state index is 11.5. The van der Waals surface area contributed by atoms with E-state index in [1.165, 1.54) is 6.07 Å². The summed E-state index contributed by atoms with van der Waals surface area (Å²) < 4.78 is 5.62. The van der Waals surface area contributed by atoms with E-state index in [4.69, 9.17) is 10.2 Å². The highest BCUT2D eigenvalue weighted by atomic mass is 16.4. The molecule has 0 saturated carbocycles. The van der Waals surface area contributed by atoms with Gasteiger partial charge < -0.3 is 20.2 Å². The first kappa shape index (κ1) is 11.8. The van der Waals surface area contributed by atoms with Gasteiger partial charge in [-0.15, -0.1) is 0 Å². The van der Waals surface area contributed by atoms with E-state index < -0.39 is 0 Å². The Kier molecular flexibility index (Phi) is 2.77. The van der Waals surface area contributed by atoms with Crippen molar-refractivity contribution in [2.45, 2.75) is 25.3 Å². The molecule has 1 aromatic carbocycles. The molecule has 1 unspecified atom stereocenters. The molecular formula is C13H15N3O3. The second-order valence-electron chi connectivity index (χ2n) is 4.76. The van der Waals surface area contributed by atoms with Crippen molar-refractivity contribution in [1.29, 1.82) is 0 Å². The highest BCUT2D eigenvalue weighted by Gasteiger charge is 2.30. The average Bonchev–Trinajstić information content (AvgIpc) is 2.81. The number of piperidine rings is 1. The molecule has 1 atom stereocenters. The third kappa shape index (κ3) is 2.09. The number of oxazole rings is 1. The lowest BCUT2D eigenvalue weighted by Crippen LogP contribution is -2.48. The van der Waals surface area contributed by atoms with Gasteiger partial charge in [-0.05, 0) is 31.4 Å². The molecule has 100 valence electrons. The van der Waals surface area contributed by atoms with E-state index in [1.54, 1.807) is 12.1 Å². The van der Waals surface area contributed by atoms with Gasteiger partial charge >= 0.3 is 0 Å². The molecule has 1 saturated heterocycles. The van der Waals surface area contributed by atoms with Gasteiger partial charge in [-0.3, -0.25) is 4.79 Å². The zero-order valence-corrected chi connectivity index (χ0v) is 10.4. The quantitative estimate of drug-likeness (QED) is 0.851. The van der Waals surface area contributed by atoms with Gasteiger partial charge in [-0.1, -0.05) is 0 Å². The first-order chi connectivity index (χ1) is 9.15. The molecule has 2 heterocycles. The van der Waals surface area contributed by atoms with Crippen molar-refractivity contribution in [3.05, 3.63) is 18.2 Å². The van der Waals surface area contributed by atoms with Crippen LogP contribution in [-0.2, 0) is 4.79 Å². The van der Waals surface area contributed by atoms with Crippen LogP contribution < -0.4 is 10.6 Å². The fourth-order valence-corrected chi connectivity index (χ4v) is 2.48. The van der Waals surface area contributed by atoms with Crippen molar-refractivity contribution in [1.82, 2.24) is 4.98 Å². The minimum Gasteiger partial charge on any atom is -0.508 e. The van der Waals surface area contributed by atoms with Crippen LogP contribution in [0.1, 0.15) is 19.3 Å². The second-order valence-corrected chi connectivity index (χ2v) is 4.76. The van der Waals surface area contributed by atoms with E-state index in [0.717, 1.165) is 19.3 Å². The molecule has 19 heavy (non-hydrogen) atoms. The minimum absolute atomic E-state index is 0.125. The summed E-state index contributed by atoms with van der Waals surface area (Å²) in [6.07, 6.45) is 2.68. The Bertz CT molecular complexity index is 623. The second kappa shape index (κ2) is 4.46. The van der Waals surface area contributed by atoms with E-state index in [9.17, 15) is 9.90 Å². The van der Waals surface area contributed by atoms with E-state index in [0.29, 0.717) is 23.7 Å². The average molecular weight is 261 g/mol. The summed E-state index contributed by atoms with van der Waals surface area (Å²) in [5.74, 6) is -0.231. The summed E-state index contributed by atoms with van der Waals surface area (Å²) in [7, 11) is 0. The van der Waals surface area contributed by atoms with Crippen LogP contribution >= 0.6 is 0 Å². The predicted octanol–water partition coefficient (Wildman–Crippen LogP) is 1.38. The van der Waals surface area contributed by atoms with Crippen LogP contribution in [0.5, 0.6) is 5.75 Å². The number of rotatable bonds is 2. The van der Waals surface area contributed by atoms with Crippen molar-refractivity contribution in [2.75, 3.05) is 11.4 Å². The van der Waals surface area contributed by atoms with Gasteiger partial charge in [-0.25, -0.2) is 0 Å². The SMILES string of the molecule is NC(=O)C1CCCCN1c1nc2ccc(O)cc2o1. The van der Waals surface area contributed by atoms with Gasteiger partial charge in [0.05, 0.1) is 0 Å². The number of carbonyl (C=O) groups is 1. The number of primary amides is 1. The first-order valence-corrected chi connectivity index (χ1v) is 6.30. The maximum Gasteiger partial charge on any atom is 0.299 e. The monoisotopic (exact) mass is 261 g/mol. The van der Waals surface area contributed by atoms with Crippen LogP contribution in [0.2, 0.25) is 0 Å². The van der Waals surface area contributed by atoms with Gasteiger partial charge in [0.25, 0.3) is 6.01 Å². The molecule has 6 nitrogen and oxygen atoms in total. The van der Waals surface area contributed by atoms with Crippen molar-refractivity contribution >= 4 is 23.0 Å². The molecule has 0 bridgehead atoms. The number of benzene rings is 1. The number of nitrogens with zero attached hydrogens (tertiary/aromatic N) is 2. The van der Waals surface area contributed by atoms with Crippen LogP contribution in [-0.4, -0.2) is 28.6 Å². The Labute approximate surface area is 109 Å². The number of fused-ring (bicyclic) bond motifs is 1. The molecule has 6 heteroatoms. The molecule has 1 aliphatic rings. The number of aromatic hydroxyl groups is 1. The normalized spacial score (nSPS) is 19.8. The molecule has 3 N–H and O–H groups in total. The van der Waals surface area contributed by atoms with Crippen molar-refractivity contribution in [3.63, 3.8) is 0 Å². The molecule has 1 aromatic heterocycles. The van der Waals surface area contributed by atoms with Crippen LogP contribution in [0.3, 0.4) is 0 Å². The Balaban J connectivity index is 1.99. The Hall–Kier alpha value is -2.24. The lowest BCUT2D eigenvalue weighted by molar-refractivity contribution is -0.119. The molecule has 3 rings (SSSR count). The zero-order valence-electron chi connectivity index (χ0n) is 10.4. The number of hydrogen-bond donors (Lipinski definition) is 2. The fraction of sp³-hybridized carbons (Fsp3) is 0.385. The number of amides is 1. The third-order valence-corrected chi connectivity index (χ3v) is 3.44. The van der Waals surface area contributed by atoms with Crippen molar-refractivity contribution in [2.24, 2.45) is 5.73 Å². The van der Waals surface area contributed by atoms with E-state index in [-0.39, 0.29) is 17.7 Å². The van der Waals surface area contributed by atoms with Gasteiger partial charge in [0.1, 0.15) is 17.3 Å². The van der Waals surface area contributed by atoms with Gasteiger partial charge in [-0.2, -0.15) is 4.98 Å². The van der Waals surface area contributed by atoms with Gasteiger partial charge in [0.15, 0.2) is 5.58 Å². The Morgan fingerprint density at radius 1 is 1.47 bits per heavy atom. The molecule has 1 aliphatic heterocycles. The lowest BCUT2D eigenvalue weighted by atomic mass is 10.0. The molecule has 1 fully saturated rings. The summed E-state index contributed by atoms with van der Waals surface area (Å²) >= 11 is 0. The molecule has 0 radical (unpaired) electrons. The largest absolute Gasteiger partial charge is 0.508 e. The molecule has 0 spiro atoms. The van der Waals surface area contributed by atoms with Gasteiger partial charge in [0, 0.05) is 12.6 Å². The first-order valence-electron chi connectivity index (χ1n) is 6.30. The fourth-order valence-electron chi connectivity index (χ4n) is 2.48. The molecule has 0 aliphatic carbocycles. The third-order valence-electron chi connectivity index (χ3n) is 3.44. The smallest absolute Gasteiger partial charge is 0.299 e. The number of hydrogen-bond acceptors (Lipinski definition) is 5. The highest BCUT2D eigenvalue weighted by molar-refractivity contribution is 5.84. The van der Waals surface area contributed by atoms with Crippen molar-refractivity contribution in [3.8, 4) is 5.75 Å². The maximum absolute atomic E-state index is 11.5. The van der Waals surface area contributed by atoms with E-state index in [1.807, 2.05) is 4.90 Å². The predicted molar refractivity (Wildman–Crippen MR) is 69.9 cm³/mol. The number of nitrogens with two attached hydrogens (primary N) is 1. The Morgan fingerprint density at radius 2 is 2.32 bits per heavy atom. The summed E-state index contributed by atoms with van der Waals surface area (Å²) in [6, 6.07) is 4.77. The summed E-state index contributed by atoms with van der Waals surface area (Å²) in [4.78, 5) is 17.6. The minimum atomic E-state index is -0.365. The summed E-state index contributed by atoms with van der Waals surface area (Å²) in [6.45, 7) is 0.701. The van der Waals surface area contributed by atoms with E-state index in [2.05, 4.69) is 4.98 Å². The lowest BCUT2D eigenvalue weighted by Gasteiger charge is -2.32. The summed E-state index contributed by atoms with van der Waals surface area (Å²) in [5, 5.41) is 9.41. The number of anilines is 1. The summed E-state index contributed by atoms with van der Waals surface area (Å²) in [5.41, 5.74) is 6.58. The van der Waals surface area contributed by atoms with Crippen LogP contribution in [0, 0.1) is 0 Å². The topological polar surface area (TPSA) is 92.6 Å². The molecule has 1 amide bonds. The highest BCUT2D eigenvalue weighted by Crippen LogP contribution is 2.29. The number of phenolic OH excluding ortho intramolecular Hbond substituents is 1. The van der Waals surface area contributed by atoms with Crippen molar-refractivity contribution < 1.29 is 14.3 Å². The van der Waals surface area contributed by atoms with Crippen LogP contribution in [0.25, 0.3) is 11.1 Å². The Morgan fingerprint density at radius 3 is 3.11 bits per heavy atom.